The highest BCUT2D eigenvalue weighted by Crippen LogP contribution is 2.13. The molecular formula is C20H22O2S2. The Labute approximate surface area is 153 Å². The Morgan fingerprint density at radius 2 is 1.58 bits per heavy atom. The lowest BCUT2D eigenvalue weighted by atomic mass is 10.1. The molecule has 0 N–H and O–H groups in total. The Bertz CT molecular complexity index is 651. The van der Waals surface area contributed by atoms with E-state index in [0.29, 0.717) is 4.20 Å². The number of esters is 1. The van der Waals surface area contributed by atoms with Crippen LogP contribution in [0.5, 0.6) is 0 Å². The van der Waals surface area contributed by atoms with E-state index < -0.39 is 5.97 Å². The third-order valence-electron chi connectivity index (χ3n) is 3.56. The van der Waals surface area contributed by atoms with Crippen molar-refractivity contribution in [1.29, 1.82) is 0 Å². The molecule has 0 saturated heterocycles. The van der Waals surface area contributed by atoms with Gasteiger partial charge in [0, 0.05) is 5.75 Å². The summed E-state index contributed by atoms with van der Waals surface area (Å²) in [5, 5.41) is 0. The molecule has 0 aliphatic rings. The molecule has 0 heterocycles. The highest BCUT2D eigenvalue weighted by Gasteiger charge is 2.11. The number of carbonyl (C=O) groups is 1. The fraction of sp³-hybridized carbons (Fsp3) is 0.300. The summed E-state index contributed by atoms with van der Waals surface area (Å²) >= 11 is 6.54. The average Bonchev–Trinajstić information content (AvgIpc) is 2.62. The van der Waals surface area contributed by atoms with Crippen LogP contribution in [0.4, 0.5) is 0 Å². The Balaban J connectivity index is 1.69. The van der Waals surface area contributed by atoms with Crippen molar-refractivity contribution in [2.75, 3.05) is 5.75 Å². The molecule has 0 unspecified atom stereocenters. The van der Waals surface area contributed by atoms with E-state index in [1.807, 2.05) is 30.3 Å². The van der Waals surface area contributed by atoms with E-state index in [9.17, 15) is 4.79 Å². The lowest BCUT2D eigenvalue weighted by Gasteiger charge is -2.06. The number of benzene rings is 2. The van der Waals surface area contributed by atoms with Gasteiger partial charge in [-0.3, -0.25) is 0 Å². The molecule has 0 atom stereocenters. The number of thioether (sulfide) groups is 1. The van der Waals surface area contributed by atoms with E-state index in [0.717, 1.165) is 30.6 Å². The van der Waals surface area contributed by atoms with E-state index in [1.165, 1.54) is 22.9 Å². The zero-order valence-electron chi connectivity index (χ0n) is 13.9. The second kappa shape index (κ2) is 10.3. The largest absolute Gasteiger partial charge is 0.456 e. The molecule has 0 aliphatic heterocycles. The second-order valence-electron chi connectivity index (χ2n) is 5.51. The lowest BCUT2D eigenvalue weighted by molar-refractivity contribution is -0.136. The first-order valence-electron chi connectivity index (χ1n) is 8.14. The predicted molar refractivity (Wildman–Crippen MR) is 105 cm³/mol. The van der Waals surface area contributed by atoms with Crippen LogP contribution in [0.15, 0.2) is 54.6 Å². The number of ether oxygens (including phenoxy) is 1. The summed E-state index contributed by atoms with van der Waals surface area (Å²) in [4.78, 5) is 11.9. The van der Waals surface area contributed by atoms with Gasteiger partial charge in [-0.1, -0.05) is 80.2 Å². The van der Waals surface area contributed by atoms with Gasteiger partial charge in [-0.2, -0.15) is 0 Å². The third kappa shape index (κ3) is 6.46. The molecule has 0 fully saturated rings. The summed E-state index contributed by atoms with van der Waals surface area (Å²) in [6.07, 6.45) is 3.17. The standard InChI is InChI=1S/C20H22O2S2/c1-2-6-16-9-11-17(12-10-16)13-14-24-20(23)19(21)22-15-18-7-4-3-5-8-18/h3-5,7-12H,2,6,13-15H2,1H3. The zero-order valence-corrected chi connectivity index (χ0v) is 15.5. The summed E-state index contributed by atoms with van der Waals surface area (Å²) in [5.74, 6) is 0.379. The van der Waals surface area contributed by atoms with E-state index in [4.69, 9.17) is 17.0 Å². The van der Waals surface area contributed by atoms with Crippen LogP contribution in [0, 0.1) is 0 Å². The van der Waals surface area contributed by atoms with Crippen LogP contribution in [0.1, 0.15) is 30.0 Å². The van der Waals surface area contributed by atoms with Crippen LogP contribution in [0.3, 0.4) is 0 Å². The van der Waals surface area contributed by atoms with Gasteiger partial charge < -0.3 is 4.74 Å². The van der Waals surface area contributed by atoms with Crippen LogP contribution >= 0.6 is 24.0 Å². The molecule has 24 heavy (non-hydrogen) atoms. The lowest BCUT2D eigenvalue weighted by Crippen LogP contribution is -2.13. The Hall–Kier alpha value is -1.65. The predicted octanol–water partition coefficient (Wildman–Crippen LogP) is 4.99. The summed E-state index contributed by atoms with van der Waals surface area (Å²) in [7, 11) is 0. The maximum absolute atomic E-state index is 11.9. The highest BCUT2D eigenvalue weighted by molar-refractivity contribution is 8.25. The molecule has 126 valence electrons. The van der Waals surface area contributed by atoms with E-state index in [-0.39, 0.29) is 6.61 Å². The first kappa shape index (κ1) is 18.7. The van der Waals surface area contributed by atoms with Crippen molar-refractivity contribution >= 4 is 34.1 Å². The molecule has 0 aliphatic carbocycles. The minimum Gasteiger partial charge on any atom is -0.456 e. The van der Waals surface area contributed by atoms with Gasteiger partial charge in [0.2, 0.25) is 0 Å². The van der Waals surface area contributed by atoms with Crippen LogP contribution in [0.25, 0.3) is 0 Å². The first-order valence-corrected chi connectivity index (χ1v) is 9.54. The topological polar surface area (TPSA) is 26.3 Å². The molecule has 2 aromatic carbocycles. The maximum Gasteiger partial charge on any atom is 0.356 e. The van der Waals surface area contributed by atoms with Gasteiger partial charge in [0.05, 0.1) is 0 Å². The summed E-state index contributed by atoms with van der Waals surface area (Å²) in [6.45, 7) is 2.45. The molecule has 0 bridgehead atoms. The van der Waals surface area contributed by atoms with E-state index >= 15 is 0 Å². The van der Waals surface area contributed by atoms with Crippen LogP contribution < -0.4 is 0 Å². The Morgan fingerprint density at radius 1 is 0.958 bits per heavy atom. The normalized spacial score (nSPS) is 10.4. The minimum absolute atomic E-state index is 0.263. The molecule has 0 spiro atoms. The minimum atomic E-state index is -0.405. The molecule has 2 rings (SSSR count). The highest BCUT2D eigenvalue weighted by atomic mass is 32.2. The number of rotatable bonds is 7. The van der Waals surface area contributed by atoms with Gasteiger partial charge in [0.1, 0.15) is 6.61 Å². The molecule has 0 aromatic heterocycles. The fourth-order valence-corrected chi connectivity index (χ4v) is 3.27. The monoisotopic (exact) mass is 358 g/mol. The molecule has 2 nitrogen and oxygen atoms in total. The summed E-state index contributed by atoms with van der Waals surface area (Å²) in [6, 6.07) is 18.3. The van der Waals surface area contributed by atoms with Crippen LogP contribution in [-0.2, 0) is 29.0 Å². The number of carbonyl (C=O) groups excluding carboxylic acids is 1. The van der Waals surface area contributed by atoms with Crippen LogP contribution in [0.2, 0.25) is 0 Å². The Morgan fingerprint density at radius 3 is 2.21 bits per heavy atom. The fourth-order valence-electron chi connectivity index (χ4n) is 2.26. The van der Waals surface area contributed by atoms with Crippen molar-refractivity contribution in [3.05, 3.63) is 71.3 Å². The number of aryl methyl sites for hydroxylation is 2. The van der Waals surface area contributed by atoms with Crippen molar-refractivity contribution in [2.45, 2.75) is 32.8 Å². The van der Waals surface area contributed by atoms with Crippen molar-refractivity contribution in [3.8, 4) is 0 Å². The molecule has 0 amide bonds. The van der Waals surface area contributed by atoms with Crippen molar-refractivity contribution in [2.24, 2.45) is 0 Å². The number of hydrogen-bond donors (Lipinski definition) is 0. The molecule has 0 saturated carbocycles. The van der Waals surface area contributed by atoms with Crippen molar-refractivity contribution in [3.63, 3.8) is 0 Å². The third-order valence-corrected chi connectivity index (χ3v) is 4.92. The molecule has 4 heteroatoms. The van der Waals surface area contributed by atoms with E-state index in [2.05, 4.69) is 31.2 Å². The van der Waals surface area contributed by atoms with Gasteiger partial charge >= 0.3 is 5.97 Å². The number of hydrogen-bond acceptors (Lipinski definition) is 4. The van der Waals surface area contributed by atoms with Gasteiger partial charge in [0.15, 0.2) is 4.20 Å². The molecular weight excluding hydrogens is 336 g/mol. The van der Waals surface area contributed by atoms with Gasteiger partial charge in [0.25, 0.3) is 0 Å². The van der Waals surface area contributed by atoms with Crippen LogP contribution in [-0.4, -0.2) is 15.9 Å². The van der Waals surface area contributed by atoms with Gasteiger partial charge in [-0.15, -0.1) is 11.8 Å². The van der Waals surface area contributed by atoms with E-state index in [1.54, 1.807) is 0 Å². The zero-order chi connectivity index (χ0) is 17.2. The Kier molecular flexibility index (Phi) is 7.99. The summed E-state index contributed by atoms with van der Waals surface area (Å²) in [5.41, 5.74) is 3.60. The molecule has 2 aromatic rings. The second-order valence-corrected chi connectivity index (χ2v) is 7.29. The number of thiocarbonyl (C=S) groups is 1. The smallest absolute Gasteiger partial charge is 0.356 e. The van der Waals surface area contributed by atoms with Gasteiger partial charge in [-0.05, 0) is 29.5 Å². The molecule has 0 radical (unpaired) electrons. The quantitative estimate of drug-likeness (QED) is 0.515. The van der Waals surface area contributed by atoms with Crippen molar-refractivity contribution in [1.82, 2.24) is 0 Å². The maximum atomic E-state index is 11.9. The van der Waals surface area contributed by atoms with Gasteiger partial charge in [-0.25, -0.2) is 4.79 Å². The summed E-state index contributed by atoms with van der Waals surface area (Å²) < 4.78 is 5.53. The SMILES string of the molecule is CCCc1ccc(CCSC(=S)C(=O)OCc2ccccc2)cc1. The average molecular weight is 359 g/mol. The first-order chi connectivity index (χ1) is 11.7. The van der Waals surface area contributed by atoms with Crippen molar-refractivity contribution < 1.29 is 9.53 Å².